The van der Waals surface area contributed by atoms with Crippen LogP contribution in [0.1, 0.15) is 31.2 Å². The summed E-state index contributed by atoms with van der Waals surface area (Å²) in [5.41, 5.74) is 2.10. The molecule has 27 heavy (non-hydrogen) atoms. The summed E-state index contributed by atoms with van der Waals surface area (Å²) < 4.78 is 0. The van der Waals surface area contributed by atoms with Crippen molar-refractivity contribution in [3.8, 4) is 11.3 Å². The van der Waals surface area contributed by atoms with Crippen molar-refractivity contribution in [3.05, 3.63) is 40.7 Å². The van der Waals surface area contributed by atoms with Crippen molar-refractivity contribution in [1.29, 1.82) is 0 Å². The minimum atomic E-state index is -0.357. The lowest BCUT2D eigenvalue weighted by molar-refractivity contribution is -0.147. The summed E-state index contributed by atoms with van der Waals surface area (Å²) in [6, 6.07) is 9.55. The Morgan fingerprint density at radius 1 is 1.30 bits per heavy atom. The number of hydrogen-bond donors (Lipinski definition) is 2. The first kappa shape index (κ1) is 18.1. The van der Waals surface area contributed by atoms with Crippen LogP contribution in [-0.2, 0) is 16.1 Å². The van der Waals surface area contributed by atoms with E-state index in [1.54, 1.807) is 16.2 Å². The molecule has 2 aromatic rings. The van der Waals surface area contributed by atoms with Crippen LogP contribution in [0.3, 0.4) is 0 Å². The molecule has 142 valence electrons. The molecule has 7 heteroatoms. The highest BCUT2D eigenvalue weighted by atomic mass is 32.1. The molecule has 0 spiro atoms. The van der Waals surface area contributed by atoms with Gasteiger partial charge in [0.1, 0.15) is 17.1 Å². The van der Waals surface area contributed by atoms with Gasteiger partial charge in [0.05, 0.1) is 5.69 Å². The fourth-order valence-electron chi connectivity index (χ4n) is 3.86. The molecule has 2 fully saturated rings. The Labute approximate surface area is 163 Å². The van der Waals surface area contributed by atoms with E-state index in [9.17, 15) is 9.59 Å². The van der Waals surface area contributed by atoms with E-state index in [1.807, 2.05) is 25.1 Å². The second kappa shape index (κ2) is 7.78. The smallest absolute Gasteiger partial charge is 0.245 e. The van der Waals surface area contributed by atoms with Gasteiger partial charge >= 0.3 is 0 Å². The van der Waals surface area contributed by atoms with E-state index in [4.69, 9.17) is 4.98 Å². The van der Waals surface area contributed by atoms with Gasteiger partial charge in [-0.2, -0.15) is 0 Å². The quantitative estimate of drug-likeness (QED) is 0.801. The highest BCUT2D eigenvalue weighted by Gasteiger charge is 2.45. The number of rotatable bonds is 6. The maximum atomic E-state index is 12.6. The second-order valence-corrected chi connectivity index (χ2v) is 8.10. The predicted molar refractivity (Wildman–Crippen MR) is 105 cm³/mol. The van der Waals surface area contributed by atoms with Gasteiger partial charge in [-0.3, -0.25) is 9.59 Å². The van der Waals surface area contributed by atoms with Crippen molar-refractivity contribution in [2.75, 3.05) is 6.54 Å². The second-order valence-electron chi connectivity index (χ2n) is 7.16. The Morgan fingerprint density at radius 2 is 2.11 bits per heavy atom. The molecule has 0 unspecified atom stereocenters. The van der Waals surface area contributed by atoms with E-state index >= 15 is 0 Å². The minimum Gasteiger partial charge on any atom is -0.343 e. The van der Waals surface area contributed by atoms with Crippen LogP contribution in [0.15, 0.2) is 35.7 Å². The molecule has 2 amide bonds. The maximum absolute atomic E-state index is 12.6. The van der Waals surface area contributed by atoms with Crippen LogP contribution < -0.4 is 10.6 Å². The summed E-state index contributed by atoms with van der Waals surface area (Å²) in [5, 5.41) is 9.45. The highest BCUT2D eigenvalue weighted by molar-refractivity contribution is 7.09. The zero-order valence-electron chi connectivity index (χ0n) is 15.4. The number of hydrogen-bond acceptors (Lipinski definition) is 5. The van der Waals surface area contributed by atoms with Crippen LogP contribution in [0.25, 0.3) is 11.3 Å². The van der Waals surface area contributed by atoms with Crippen LogP contribution in [0.4, 0.5) is 0 Å². The normalized spacial score (nSPS) is 24.8. The number of fused-ring (bicyclic) bond motifs is 1. The van der Waals surface area contributed by atoms with Gasteiger partial charge in [0.25, 0.3) is 0 Å². The monoisotopic (exact) mass is 384 g/mol. The van der Waals surface area contributed by atoms with Crippen LogP contribution >= 0.6 is 11.3 Å². The summed E-state index contributed by atoms with van der Waals surface area (Å²) in [6.45, 7) is 3.27. The lowest BCUT2D eigenvalue weighted by Crippen LogP contribution is -2.61. The number of nitrogens with zero attached hydrogens (tertiary/aromatic N) is 2. The first-order chi connectivity index (χ1) is 13.2. The number of piperazine rings is 1. The Hall–Kier alpha value is -2.25. The average Bonchev–Trinajstić information content (AvgIpc) is 3.33. The Morgan fingerprint density at radius 3 is 2.89 bits per heavy atom. The van der Waals surface area contributed by atoms with Gasteiger partial charge in [0.2, 0.25) is 11.8 Å². The van der Waals surface area contributed by atoms with Gasteiger partial charge in [-0.25, -0.2) is 4.98 Å². The molecule has 2 saturated heterocycles. The number of amides is 2. The molecule has 2 aliphatic rings. The fourth-order valence-corrected chi connectivity index (χ4v) is 4.61. The van der Waals surface area contributed by atoms with Crippen LogP contribution in [0, 0.1) is 0 Å². The number of thiazole rings is 1. The van der Waals surface area contributed by atoms with Gasteiger partial charge in [0.15, 0.2) is 0 Å². The summed E-state index contributed by atoms with van der Waals surface area (Å²) in [7, 11) is 0. The van der Waals surface area contributed by atoms with Crippen LogP contribution in [-0.4, -0.2) is 46.4 Å². The molecule has 1 aromatic heterocycles. The predicted octanol–water partition coefficient (Wildman–Crippen LogP) is 2.17. The van der Waals surface area contributed by atoms with Gasteiger partial charge in [-0.05, 0) is 12.8 Å². The van der Waals surface area contributed by atoms with E-state index in [-0.39, 0.29) is 29.9 Å². The van der Waals surface area contributed by atoms with Gasteiger partial charge in [-0.1, -0.05) is 43.7 Å². The van der Waals surface area contributed by atoms with Crippen molar-refractivity contribution in [3.63, 3.8) is 0 Å². The van der Waals surface area contributed by atoms with Crippen LogP contribution in [0.2, 0.25) is 0 Å². The van der Waals surface area contributed by atoms with Gasteiger partial charge in [-0.15, -0.1) is 11.3 Å². The topological polar surface area (TPSA) is 74.3 Å². The molecular weight excluding hydrogens is 360 g/mol. The van der Waals surface area contributed by atoms with E-state index in [0.717, 1.165) is 22.7 Å². The number of aromatic nitrogens is 1. The lowest BCUT2D eigenvalue weighted by atomic mass is 10.0. The molecule has 3 atom stereocenters. The largest absolute Gasteiger partial charge is 0.343 e. The summed E-state index contributed by atoms with van der Waals surface area (Å²) in [5.74, 6) is 0.0457. The third-order valence-electron chi connectivity index (χ3n) is 5.24. The van der Waals surface area contributed by atoms with E-state index in [2.05, 4.69) is 28.1 Å². The Kier molecular flexibility index (Phi) is 5.22. The van der Waals surface area contributed by atoms with Crippen molar-refractivity contribution >= 4 is 23.2 Å². The number of benzene rings is 1. The SMILES string of the molecule is CCC[C@@H]1NC(=O)[C@@H]2C[C@H](NCc3nc(-c4ccccc4)cs3)CN2C1=O. The molecule has 6 nitrogen and oxygen atoms in total. The van der Waals surface area contributed by atoms with Crippen molar-refractivity contribution < 1.29 is 9.59 Å². The third-order valence-corrected chi connectivity index (χ3v) is 6.09. The van der Waals surface area contributed by atoms with Gasteiger partial charge < -0.3 is 15.5 Å². The maximum Gasteiger partial charge on any atom is 0.245 e. The number of nitrogens with one attached hydrogen (secondary N) is 2. The zero-order valence-corrected chi connectivity index (χ0v) is 16.2. The minimum absolute atomic E-state index is 0.0158. The Balaban J connectivity index is 1.36. The molecule has 0 bridgehead atoms. The molecule has 4 rings (SSSR count). The van der Waals surface area contributed by atoms with Crippen molar-refractivity contribution in [2.45, 2.75) is 50.9 Å². The average molecular weight is 385 g/mol. The van der Waals surface area contributed by atoms with E-state index in [1.165, 1.54) is 0 Å². The molecule has 0 aliphatic carbocycles. The molecule has 0 saturated carbocycles. The summed E-state index contributed by atoms with van der Waals surface area (Å²) in [6.07, 6.45) is 2.24. The van der Waals surface area contributed by atoms with Crippen molar-refractivity contribution in [2.24, 2.45) is 0 Å². The summed E-state index contributed by atoms with van der Waals surface area (Å²) >= 11 is 1.63. The first-order valence-corrected chi connectivity index (χ1v) is 10.4. The fraction of sp³-hybridized carbons (Fsp3) is 0.450. The highest BCUT2D eigenvalue weighted by Crippen LogP contribution is 2.25. The number of carbonyl (C=O) groups excluding carboxylic acids is 2. The lowest BCUT2D eigenvalue weighted by Gasteiger charge is -2.34. The molecule has 0 radical (unpaired) electrons. The zero-order chi connectivity index (χ0) is 18.8. The molecule has 3 heterocycles. The van der Waals surface area contributed by atoms with E-state index < -0.39 is 0 Å². The summed E-state index contributed by atoms with van der Waals surface area (Å²) in [4.78, 5) is 31.4. The van der Waals surface area contributed by atoms with Crippen LogP contribution in [0.5, 0.6) is 0 Å². The van der Waals surface area contributed by atoms with Crippen molar-refractivity contribution in [1.82, 2.24) is 20.5 Å². The molecule has 2 aliphatic heterocycles. The first-order valence-electron chi connectivity index (χ1n) is 9.49. The molecule has 2 N–H and O–H groups in total. The van der Waals surface area contributed by atoms with E-state index in [0.29, 0.717) is 25.9 Å². The third kappa shape index (κ3) is 3.75. The van der Waals surface area contributed by atoms with Gasteiger partial charge in [0, 0.05) is 30.1 Å². The standard InChI is InChI=1S/C20H24N4O2S/c1-2-6-15-20(26)24-11-14(9-17(24)19(25)23-15)21-10-18-22-16(12-27-18)13-7-4-3-5-8-13/h3-5,7-8,12,14-15,17,21H,2,6,9-11H2,1H3,(H,23,25)/t14-,15-,17-/m0/s1. The number of carbonyl (C=O) groups is 2. The molecular formula is C20H24N4O2S. The Bertz CT molecular complexity index is 822. The molecule has 1 aromatic carbocycles.